The molecule has 1 rings (SSSR count). The number of aromatic nitrogens is 1. The molecule has 17 heavy (non-hydrogen) atoms. The van der Waals surface area contributed by atoms with Gasteiger partial charge in [0.25, 0.3) is 0 Å². The summed E-state index contributed by atoms with van der Waals surface area (Å²) in [6.07, 6.45) is 2.02. The van der Waals surface area contributed by atoms with Crippen LogP contribution in [0.4, 0.5) is 5.82 Å². The Balaban J connectivity index is 2.61. The number of unbranched alkanes of at least 4 members (excludes halogenated alkanes) is 1. The highest BCUT2D eigenvalue weighted by molar-refractivity contribution is 5.56. The molecule has 4 heteroatoms. The van der Waals surface area contributed by atoms with Crippen LogP contribution < -0.4 is 5.32 Å². The maximum Gasteiger partial charge on any atom is 0.144 e. The number of pyridine rings is 1. The summed E-state index contributed by atoms with van der Waals surface area (Å²) in [6, 6.07) is 4.12. The van der Waals surface area contributed by atoms with Crippen molar-refractivity contribution in [3.05, 3.63) is 22.9 Å². The summed E-state index contributed by atoms with van der Waals surface area (Å²) in [7, 11) is 1.70. The minimum atomic E-state index is 0.641. The van der Waals surface area contributed by atoms with Crippen LogP contribution in [-0.4, -0.2) is 25.2 Å². The van der Waals surface area contributed by atoms with Crippen molar-refractivity contribution in [3.63, 3.8) is 0 Å². The quantitative estimate of drug-likeness (QED) is 0.766. The van der Waals surface area contributed by atoms with Gasteiger partial charge in [-0.25, -0.2) is 4.98 Å². The number of nitriles is 1. The Hall–Kier alpha value is -1.60. The maximum absolute atomic E-state index is 9.08. The highest BCUT2D eigenvalue weighted by Crippen LogP contribution is 2.17. The molecule has 0 amide bonds. The van der Waals surface area contributed by atoms with E-state index in [0.29, 0.717) is 11.4 Å². The Kier molecular flexibility index (Phi) is 5.44. The lowest BCUT2D eigenvalue weighted by Gasteiger charge is -2.10. The van der Waals surface area contributed by atoms with Gasteiger partial charge in [0, 0.05) is 26.0 Å². The molecule has 0 spiro atoms. The maximum atomic E-state index is 9.08. The smallest absolute Gasteiger partial charge is 0.144 e. The first-order valence-corrected chi connectivity index (χ1v) is 5.80. The van der Waals surface area contributed by atoms with Crippen LogP contribution in [-0.2, 0) is 4.74 Å². The van der Waals surface area contributed by atoms with E-state index in [1.54, 1.807) is 7.11 Å². The fourth-order valence-electron chi connectivity index (χ4n) is 1.68. The molecule has 1 aromatic rings. The number of methoxy groups -OCH3 is 1. The number of anilines is 1. The van der Waals surface area contributed by atoms with Gasteiger partial charge in [0.1, 0.15) is 11.9 Å². The van der Waals surface area contributed by atoms with E-state index in [2.05, 4.69) is 16.4 Å². The molecule has 0 aromatic carbocycles. The van der Waals surface area contributed by atoms with Crippen molar-refractivity contribution in [3.8, 4) is 6.07 Å². The van der Waals surface area contributed by atoms with Crippen molar-refractivity contribution >= 4 is 5.82 Å². The predicted octanol–water partition coefficient (Wildman–Crippen LogP) is 2.41. The Morgan fingerprint density at radius 3 is 2.82 bits per heavy atom. The van der Waals surface area contributed by atoms with Crippen LogP contribution in [0.25, 0.3) is 0 Å². The molecule has 1 heterocycles. The van der Waals surface area contributed by atoms with Gasteiger partial charge in [-0.1, -0.05) is 0 Å². The summed E-state index contributed by atoms with van der Waals surface area (Å²) in [6.45, 7) is 5.45. The van der Waals surface area contributed by atoms with Crippen LogP contribution in [0, 0.1) is 25.2 Å². The first-order valence-electron chi connectivity index (χ1n) is 5.80. The van der Waals surface area contributed by atoms with Crippen LogP contribution in [0.15, 0.2) is 6.07 Å². The van der Waals surface area contributed by atoms with E-state index < -0.39 is 0 Å². The van der Waals surface area contributed by atoms with Gasteiger partial charge in [-0.2, -0.15) is 5.26 Å². The van der Waals surface area contributed by atoms with Gasteiger partial charge in [-0.3, -0.25) is 0 Å². The lowest BCUT2D eigenvalue weighted by atomic mass is 10.1. The van der Waals surface area contributed by atoms with Crippen molar-refractivity contribution in [2.45, 2.75) is 26.7 Å². The average molecular weight is 233 g/mol. The molecule has 0 saturated heterocycles. The van der Waals surface area contributed by atoms with Crippen molar-refractivity contribution in [2.75, 3.05) is 25.6 Å². The van der Waals surface area contributed by atoms with Crippen molar-refractivity contribution in [1.82, 2.24) is 4.98 Å². The van der Waals surface area contributed by atoms with E-state index in [4.69, 9.17) is 10.00 Å². The fourth-order valence-corrected chi connectivity index (χ4v) is 1.68. The largest absolute Gasteiger partial charge is 0.385 e. The van der Waals surface area contributed by atoms with Gasteiger partial charge in [0.15, 0.2) is 0 Å². The lowest BCUT2D eigenvalue weighted by Crippen LogP contribution is -2.08. The summed E-state index contributed by atoms with van der Waals surface area (Å²) < 4.78 is 4.98. The standard InChI is InChI=1S/C13H19N3O/c1-10-8-11(2)16-13(12(10)9-14)15-6-4-5-7-17-3/h8H,4-7H2,1-3H3,(H,15,16). The van der Waals surface area contributed by atoms with Crippen molar-refractivity contribution in [1.29, 1.82) is 5.26 Å². The zero-order chi connectivity index (χ0) is 12.7. The molecule has 1 N–H and O–H groups in total. The topological polar surface area (TPSA) is 57.9 Å². The number of nitrogens with zero attached hydrogens (tertiary/aromatic N) is 2. The van der Waals surface area contributed by atoms with Crippen molar-refractivity contribution in [2.24, 2.45) is 0 Å². The number of aryl methyl sites for hydroxylation is 2. The lowest BCUT2D eigenvalue weighted by molar-refractivity contribution is 0.194. The molecule has 4 nitrogen and oxygen atoms in total. The van der Waals surface area contributed by atoms with Gasteiger partial charge in [-0.15, -0.1) is 0 Å². The molecule has 0 unspecified atom stereocenters. The van der Waals surface area contributed by atoms with Gasteiger partial charge >= 0.3 is 0 Å². The summed E-state index contributed by atoms with van der Waals surface area (Å²) in [5, 5.41) is 12.3. The van der Waals surface area contributed by atoms with Gasteiger partial charge in [0.05, 0.1) is 5.56 Å². The molecule has 0 saturated carbocycles. The van der Waals surface area contributed by atoms with Gasteiger partial charge < -0.3 is 10.1 Å². The van der Waals surface area contributed by atoms with E-state index in [0.717, 1.165) is 37.3 Å². The van der Waals surface area contributed by atoms with E-state index in [1.165, 1.54) is 0 Å². The summed E-state index contributed by atoms with van der Waals surface area (Å²) >= 11 is 0. The van der Waals surface area contributed by atoms with Crippen LogP contribution in [0.5, 0.6) is 0 Å². The first kappa shape index (κ1) is 13.5. The van der Waals surface area contributed by atoms with Gasteiger partial charge in [-0.05, 0) is 38.3 Å². The third-order valence-electron chi connectivity index (χ3n) is 2.52. The molecule has 0 aliphatic carbocycles. The Bertz CT molecular complexity index is 410. The molecular weight excluding hydrogens is 214 g/mol. The predicted molar refractivity (Wildman–Crippen MR) is 68.0 cm³/mol. The van der Waals surface area contributed by atoms with Gasteiger partial charge in [0.2, 0.25) is 0 Å². The summed E-state index contributed by atoms with van der Waals surface area (Å²) in [4.78, 5) is 4.36. The van der Waals surface area contributed by atoms with E-state index in [9.17, 15) is 0 Å². The number of hydrogen-bond acceptors (Lipinski definition) is 4. The summed E-state index contributed by atoms with van der Waals surface area (Å²) in [5.74, 6) is 0.697. The SMILES string of the molecule is COCCCCNc1nc(C)cc(C)c1C#N. The first-order chi connectivity index (χ1) is 8.19. The molecule has 92 valence electrons. The molecule has 0 bridgehead atoms. The number of rotatable bonds is 6. The highest BCUT2D eigenvalue weighted by atomic mass is 16.5. The minimum absolute atomic E-state index is 0.641. The number of nitrogens with one attached hydrogen (secondary N) is 1. The number of ether oxygens (including phenoxy) is 1. The average Bonchev–Trinajstić information content (AvgIpc) is 2.28. The second-order valence-electron chi connectivity index (χ2n) is 4.04. The third-order valence-corrected chi connectivity index (χ3v) is 2.52. The summed E-state index contributed by atoms with van der Waals surface area (Å²) in [5.41, 5.74) is 2.54. The number of hydrogen-bond donors (Lipinski definition) is 1. The zero-order valence-corrected chi connectivity index (χ0v) is 10.7. The highest BCUT2D eigenvalue weighted by Gasteiger charge is 2.07. The normalized spacial score (nSPS) is 10.0. The molecule has 0 radical (unpaired) electrons. The molecule has 0 aliphatic heterocycles. The Morgan fingerprint density at radius 1 is 1.41 bits per heavy atom. The molecule has 0 atom stereocenters. The van der Waals surface area contributed by atoms with E-state index in [1.807, 2.05) is 19.9 Å². The second kappa shape index (κ2) is 6.87. The van der Waals surface area contributed by atoms with Crippen LogP contribution >= 0.6 is 0 Å². The fraction of sp³-hybridized carbons (Fsp3) is 0.538. The zero-order valence-electron chi connectivity index (χ0n) is 10.7. The minimum Gasteiger partial charge on any atom is -0.385 e. The molecule has 0 aliphatic rings. The third kappa shape index (κ3) is 4.04. The Labute approximate surface area is 103 Å². The van der Waals surface area contributed by atoms with Crippen molar-refractivity contribution < 1.29 is 4.74 Å². The molecule has 0 fully saturated rings. The van der Waals surface area contributed by atoms with E-state index >= 15 is 0 Å². The second-order valence-corrected chi connectivity index (χ2v) is 4.04. The molecular formula is C13H19N3O. The Morgan fingerprint density at radius 2 is 2.18 bits per heavy atom. The van der Waals surface area contributed by atoms with Crippen LogP contribution in [0.1, 0.15) is 29.7 Å². The van der Waals surface area contributed by atoms with Crippen LogP contribution in [0.3, 0.4) is 0 Å². The van der Waals surface area contributed by atoms with E-state index in [-0.39, 0.29) is 0 Å². The molecule has 1 aromatic heterocycles. The monoisotopic (exact) mass is 233 g/mol. The van der Waals surface area contributed by atoms with Crippen LogP contribution in [0.2, 0.25) is 0 Å².